The van der Waals surface area contributed by atoms with Crippen LogP contribution in [-0.4, -0.2) is 23.5 Å². The minimum Gasteiger partial charge on any atom is -0.429 e. The van der Waals surface area contributed by atoms with E-state index >= 15 is 0 Å². The van der Waals surface area contributed by atoms with Crippen molar-refractivity contribution in [1.29, 1.82) is 0 Å². The molecule has 0 saturated heterocycles. The van der Waals surface area contributed by atoms with Crippen LogP contribution >= 0.6 is 11.6 Å². The maximum absolute atomic E-state index is 10.7. The molecule has 0 fully saturated rings. The normalized spacial score (nSPS) is 8.31. The second-order valence-corrected chi connectivity index (χ2v) is 2.61. The highest BCUT2D eigenvalue weighted by Gasteiger charge is 1.95. The zero-order valence-corrected chi connectivity index (χ0v) is 7.82. The Bertz CT molecular complexity index is 261. The van der Waals surface area contributed by atoms with E-state index in [1.165, 1.54) is 6.92 Å². The first-order chi connectivity index (χ1) is 6.11. The summed E-state index contributed by atoms with van der Waals surface area (Å²) in [5.41, 5.74) is 0.699. The number of carbonyl (C=O) groups is 1. The van der Waals surface area contributed by atoms with Gasteiger partial charge >= 0.3 is 7.69 Å². The smallest absolute Gasteiger partial charge is 0.429 e. The zero-order chi connectivity index (χ0) is 10.3. The van der Waals surface area contributed by atoms with Crippen molar-refractivity contribution in [2.75, 3.05) is 0 Å². The van der Waals surface area contributed by atoms with Crippen LogP contribution in [0, 0.1) is 0 Å². The molecule has 13 heavy (non-hydrogen) atoms. The van der Waals surface area contributed by atoms with Gasteiger partial charge in [0.05, 0.1) is 0 Å². The summed E-state index contributed by atoms with van der Waals surface area (Å²) >= 11 is 5.61. The van der Waals surface area contributed by atoms with Crippen LogP contribution in [0.3, 0.4) is 0 Å². The Kier molecular flexibility index (Phi) is 6.23. The van der Waals surface area contributed by atoms with Gasteiger partial charge in [0.25, 0.3) is 0 Å². The number of benzene rings is 1. The Morgan fingerprint density at radius 2 is 1.69 bits per heavy atom. The fourth-order valence-electron chi connectivity index (χ4n) is 0.685. The molecular formula is C8H9BClO3. The summed E-state index contributed by atoms with van der Waals surface area (Å²) in [4.78, 5) is 10.7. The van der Waals surface area contributed by atoms with Gasteiger partial charge in [-0.3, -0.25) is 4.79 Å². The Balaban J connectivity index is 0.000000424. The summed E-state index contributed by atoms with van der Waals surface area (Å²) < 4.78 is 0. The van der Waals surface area contributed by atoms with E-state index in [4.69, 9.17) is 21.6 Å². The molecule has 69 valence electrons. The zero-order valence-electron chi connectivity index (χ0n) is 7.07. The maximum Gasteiger partial charge on any atom is 0.482 e. The first-order valence-electron chi connectivity index (χ1n) is 3.48. The average molecular weight is 199 g/mol. The molecule has 0 aromatic heterocycles. The van der Waals surface area contributed by atoms with E-state index in [0.29, 0.717) is 10.6 Å². The highest BCUT2D eigenvalue weighted by atomic mass is 35.5. The minimum atomic E-state index is 0. The van der Waals surface area contributed by atoms with Gasteiger partial charge in [0, 0.05) is 10.6 Å². The Labute approximate surface area is 82.3 Å². The molecule has 0 saturated carbocycles. The van der Waals surface area contributed by atoms with E-state index in [2.05, 4.69) is 0 Å². The number of hydrogen-bond donors (Lipinski definition) is 2. The van der Waals surface area contributed by atoms with Crippen molar-refractivity contribution in [1.82, 2.24) is 0 Å². The van der Waals surface area contributed by atoms with Crippen molar-refractivity contribution in [3.63, 3.8) is 0 Å². The minimum absolute atomic E-state index is 0. The Morgan fingerprint density at radius 3 is 2.00 bits per heavy atom. The summed E-state index contributed by atoms with van der Waals surface area (Å²) in [5, 5.41) is 14.7. The number of rotatable bonds is 1. The molecule has 1 rings (SSSR count). The summed E-state index contributed by atoms with van der Waals surface area (Å²) in [7, 11) is 0. The summed E-state index contributed by atoms with van der Waals surface area (Å²) in [6.45, 7) is 1.53. The predicted molar refractivity (Wildman–Crippen MR) is 51.6 cm³/mol. The fraction of sp³-hybridized carbons (Fsp3) is 0.125. The van der Waals surface area contributed by atoms with E-state index in [0.717, 1.165) is 0 Å². The van der Waals surface area contributed by atoms with E-state index in [-0.39, 0.29) is 13.5 Å². The van der Waals surface area contributed by atoms with Gasteiger partial charge in [-0.15, -0.1) is 0 Å². The van der Waals surface area contributed by atoms with Crippen LogP contribution < -0.4 is 0 Å². The first kappa shape index (κ1) is 12.2. The first-order valence-corrected chi connectivity index (χ1v) is 3.86. The van der Waals surface area contributed by atoms with E-state index in [9.17, 15) is 4.79 Å². The highest BCUT2D eigenvalue weighted by Crippen LogP contribution is 2.09. The molecule has 3 nitrogen and oxygen atoms in total. The molecule has 1 aromatic carbocycles. The lowest BCUT2D eigenvalue weighted by molar-refractivity contribution is 0.101. The number of halogens is 1. The van der Waals surface area contributed by atoms with Crippen LogP contribution in [0.2, 0.25) is 5.02 Å². The molecule has 0 unspecified atom stereocenters. The van der Waals surface area contributed by atoms with Gasteiger partial charge in [-0.1, -0.05) is 11.6 Å². The highest BCUT2D eigenvalue weighted by molar-refractivity contribution is 6.30. The van der Waals surface area contributed by atoms with Crippen molar-refractivity contribution < 1.29 is 14.8 Å². The number of ketones is 1. The average Bonchev–Trinajstić information content (AvgIpc) is 2.06. The molecule has 0 amide bonds. The van der Waals surface area contributed by atoms with Crippen LogP contribution in [0.1, 0.15) is 17.3 Å². The molecule has 0 aliphatic carbocycles. The molecule has 1 radical (unpaired) electrons. The van der Waals surface area contributed by atoms with Crippen molar-refractivity contribution in [2.24, 2.45) is 0 Å². The van der Waals surface area contributed by atoms with Crippen molar-refractivity contribution in [3.05, 3.63) is 34.9 Å². The summed E-state index contributed by atoms with van der Waals surface area (Å²) in [5.74, 6) is 0.0664. The lowest BCUT2D eigenvalue weighted by Gasteiger charge is -1.92. The molecule has 1 aromatic rings. The Hall–Kier alpha value is -0.835. The van der Waals surface area contributed by atoms with E-state index in [1.807, 2.05) is 0 Å². The van der Waals surface area contributed by atoms with Crippen LogP contribution in [0.15, 0.2) is 24.3 Å². The SMILES string of the molecule is CC(=O)c1ccc(Cl)cc1.O[B]O. The van der Waals surface area contributed by atoms with Crippen molar-refractivity contribution in [3.8, 4) is 0 Å². The van der Waals surface area contributed by atoms with Crippen LogP contribution in [0.4, 0.5) is 0 Å². The lowest BCUT2D eigenvalue weighted by Crippen LogP contribution is -1.89. The molecular weight excluding hydrogens is 190 g/mol. The predicted octanol–water partition coefficient (Wildman–Crippen LogP) is 1.05. The van der Waals surface area contributed by atoms with Gasteiger partial charge in [0.15, 0.2) is 5.78 Å². The molecule has 0 spiro atoms. The number of hydrogen-bond acceptors (Lipinski definition) is 3. The lowest BCUT2D eigenvalue weighted by atomic mass is 10.2. The summed E-state index contributed by atoms with van der Waals surface area (Å²) in [6.07, 6.45) is 0. The van der Waals surface area contributed by atoms with Crippen LogP contribution in [0.25, 0.3) is 0 Å². The third-order valence-corrected chi connectivity index (χ3v) is 1.50. The van der Waals surface area contributed by atoms with Gasteiger partial charge in [-0.2, -0.15) is 0 Å². The second kappa shape index (κ2) is 6.66. The van der Waals surface area contributed by atoms with Gasteiger partial charge < -0.3 is 10.0 Å². The van der Waals surface area contributed by atoms with Crippen LogP contribution in [0.5, 0.6) is 0 Å². The van der Waals surface area contributed by atoms with Gasteiger partial charge in [0.2, 0.25) is 0 Å². The molecule has 0 aliphatic rings. The summed E-state index contributed by atoms with van der Waals surface area (Å²) in [6, 6.07) is 6.84. The van der Waals surface area contributed by atoms with E-state index in [1.54, 1.807) is 24.3 Å². The third-order valence-electron chi connectivity index (χ3n) is 1.25. The quantitative estimate of drug-likeness (QED) is 0.525. The number of Topliss-reactive ketones (excluding diaryl/α,β-unsaturated/α-hetero) is 1. The standard InChI is InChI=1S/C8H7ClO.BH2O2/c1-6(10)7-2-4-8(9)5-3-7;2-1-3/h2-5H,1H3;2-3H. The monoisotopic (exact) mass is 199 g/mol. The molecule has 0 atom stereocenters. The fourth-order valence-corrected chi connectivity index (χ4v) is 0.811. The topological polar surface area (TPSA) is 57.5 Å². The van der Waals surface area contributed by atoms with Crippen molar-refractivity contribution in [2.45, 2.75) is 6.92 Å². The molecule has 0 aliphatic heterocycles. The van der Waals surface area contributed by atoms with Gasteiger partial charge in [-0.25, -0.2) is 0 Å². The Morgan fingerprint density at radius 1 is 1.31 bits per heavy atom. The van der Waals surface area contributed by atoms with Crippen molar-refractivity contribution >= 4 is 25.1 Å². The largest absolute Gasteiger partial charge is 0.482 e. The molecule has 2 N–H and O–H groups in total. The number of carbonyl (C=O) groups excluding carboxylic acids is 1. The molecule has 0 bridgehead atoms. The van der Waals surface area contributed by atoms with E-state index < -0.39 is 0 Å². The maximum atomic E-state index is 10.7. The third kappa shape index (κ3) is 5.41. The van der Waals surface area contributed by atoms with Gasteiger partial charge in [-0.05, 0) is 31.2 Å². The molecule has 5 heteroatoms. The second-order valence-electron chi connectivity index (χ2n) is 2.18. The molecule has 0 heterocycles. The van der Waals surface area contributed by atoms with Gasteiger partial charge in [0.1, 0.15) is 0 Å². The van der Waals surface area contributed by atoms with Crippen LogP contribution in [-0.2, 0) is 0 Å².